The highest BCUT2D eigenvalue weighted by molar-refractivity contribution is 6.28. The molecular weight excluding hydrogens is 418 g/mol. The fourth-order valence-corrected chi connectivity index (χ4v) is 3.40. The molecule has 1 saturated heterocycles. The Morgan fingerprint density at radius 2 is 1.97 bits per heavy atom. The summed E-state index contributed by atoms with van der Waals surface area (Å²) in [6.45, 7) is 5.52. The lowest BCUT2D eigenvalue weighted by atomic mass is 10.0. The fourth-order valence-electron chi connectivity index (χ4n) is 3.22. The molecule has 0 bridgehead atoms. The fraction of sp³-hybridized carbons (Fsp3) is 0.611. The number of ether oxygens (including phenoxy) is 4. The lowest BCUT2D eigenvalue weighted by molar-refractivity contribution is -0.176. The Morgan fingerprint density at radius 3 is 2.60 bits per heavy atom. The van der Waals surface area contributed by atoms with Crippen molar-refractivity contribution in [1.29, 1.82) is 0 Å². The maximum absolute atomic E-state index is 12.1. The zero-order valence-corrected chi connectivity index (χ0v) is 17.7. The van der Waals surface area contributed by atoms with Crippen LogP contribution in [0.15, 0.2) is 6.33 Å². The van der Waals surface area contributed by atoms with Crippen LogP contribution in [0.3, 0.4) is 0 Å². The second-order valence-electron chi connectivity index (χ2n) is 6.76. The quantitative estimate of drug-likeness (QED) is 0.363. The number of nitrogens with two attached hydrogens (primary N) is 1. The highest BCUT2D eigenvalue weighted by atomic mass is 35.5. The number of nitrogen functional groups attached to an aromatic ring is 1. The summed E-state index contributed by atoms with van der Waals surface area (Å²) >= 11 is 5.92. The van der Waals surface area contributed by atoms with Gasteiger partial charge in [0.2, 0.25) is 5.28 Å². The van der Waals surface area contributed by atoms with Crippen LogP contribution < -0.4 is 5.73 Å². The smallest absolute Gasteiger partial charge is 0.347 e. The van der Waals surface area contributed by atoms with Crippen LogP contribution in [0.4, 0.5) is 5.82 Å². The lowest BCUT2D eigenvalue weighted by Crippen LogP contribution is -2.38. The first-order valence-corrected chi connectivity index (χ1v) is 9.99. The molecule has 3 heterocycles. The zero-order chi connectivity index (χ0) is 21.8. The molecule has 0 saturated carbocycles. The van der Waals surface area contributed by atoms with Gasteiger partial charge in [0.1, 0.15) is 11.7 Å². The molecule has 3 atom stereocenters. The second kappa shape index (κ2) is 9.54. The Hall–Kier alpha value is -2.50. The average Bonchev–Trinajstić information content (AvgIpc) is 3.26. The van der Waals surface area contributed by atoms with Crippen molar-refractivity contribution in [3.05, 3.63) is 11.6 Å². The number of fused-ring (bicyclic) bond motifs is 1. The maximum Gasteiger partial charge on any atom is 0.347 e. The van der Waals surface area contributed by atoms with E-state index in [1.807, 2.05) is 6.92 Å². The number of aromatic nitrogens is 4. The van der Waals surface area contributed by atoms with Crippen molar-refractivity contribution >= 4 is 40.5 Å². The molecule has 0 unspecified atom stereocenters. The summed E-state index contributed by atoms with van der Waals surface area (Å²) in [5.41, 5.74) is 6.74. The summed E-state index contributed by atoms with van der Waals surface area (Å²) in [4.78, 5) is 36.5. The summed E-state index contributed by atoms with van der Waals surface area (Å²) in [6, 6.07) is 0. The molecule has 0 radical (unpaired) electrons. The van der Waals surface area contributed by atoms with Gasteiger partial charge in [-0.15, -0.1) is 0 Å². The molecule has 0 aliphatic carbocycles. The molecule has 1 aliphatic rings. The Balaban J connectivity index is 1.70. The highest BCUT2D eigenvalue weighted by Crippen LogP contribution is 2.35. The summed E-state index contributed by atoms with van der Waals surface area (Å²) < 4.78 is 23.2. The number of halogens is 1. The minimum Gasteiger partial charge on any atom is -0.464 e. The summed E-state index contributed by atoms with van der Waals surface area (Å²) in [7, 11) is 0. The molecule has 2 aromatic heterocycles. The van der Waals surface area contributed by atoms with Crippen LogP contribution >= 0.6 is 11.6 Å². The van der Waals surface area contributed by atoms with Gasteiger partial charge in [0.25, 0.3) is 6.10 Å². The van der Waals surface area contributed by atoms with Crippen LogP contribution in [0.5, 0.6) is 0 Å². The van der Waals surface area contributed by atoms with Crippen molar-refractivity contribution in [3.63, 3.8) is 0 Å². The average molecular weight is 442 g/mol. The number of rotatable bonds is 8. The van der Waals surface area contributed by atoms with E-state index in [0.29, 0.717) is 17.6 Å². The number of hydrogen-bond donors (Lipinski definition) is 1. The molecule has 30 heavy (non-hydrogen) atoms. The van der Waals surface area contributed by atoms with E-state index >= 15 is 0 Å². The molecule has 164 valence electrons. The van der Waals surface area contributed by atoms with E-state index in [0.717, 1.165) is 0 Å². The minimum absolute atomic E-state index is 0.00444. The van der Waals surface area contributed by atoms with Crippen LogP contribution in [0.1, 0.15) is 33.4 Å². The molecule has 0 amide bonds. The van der Waals surface area contributed by atoms with Gasteiger partial charge in [-0.25, -0.2) is 14.6 Å². The van der Waals surface area contributed by atoms with Crippen LogP contribution in [-0.4, -0.2) is 63.5 Å². The van der Waals surface area contributed by atoms with Crippen molar-refractivity contribution in [2.24, 2.45) is 5.92 Å². The molecule has 11 nitrogen and oxygen atoms in total. The second-order valence-corrected chi connectivity index (χ2v) is 7.10. The number of nitrogens with zero attached hydrogens (tertiary/aromatic N) is 4. The standard InChI is InChI=1S/C18H24ClN5O6/c1-4-27-16(25)13(17(26)28-5-2)29-7-10-9(3)6-11(30-10)24-8-21-12-14(20)22-18(19)23-15(12)24/h8-11,13H,4-7H2,1-3H3,(H2,20,22,23)/t9-,10+,11+/m0/s1. The van der Waals surface area contributed by atoms with Crippen LogP contribution in [0, 0.1) is 5.92 Å². The van der Waals surface area contributed by atoms with E-state index in [4.69, 9.17) is 36.3 Å². The summed E-state index contributed by atoms with van der Waals surface area (Å²) in [5.74, 6) is -1.34. The van der Waals surface area contributed by atoms with E-state index in [1.54, 1.807) is 24.7 Å². The monoisotopic (exact) mass is 441 g/mol. The van der Waals surface area contributed by atoms with Gasteiger partial charge in [-0.05, 0) is 37.8 Å². The number of hydrogen-bond acceptors (Lipinski definition) is 10. The Labute approximate surface area is 177 Å². The minimum atomic E-state index is -1.46. The van der Waals surface area contributed by atoms with E-state index in [1.165, 1.54) is 0 Å². The van der Waals surface area contributed by atoms with Gasteiger partial charge in [-0.3, -0.25) is 4.57 Å². The van der Waals surface area contributed by atoms with Gasteiger partial charge in [-0.1, -0.05) is 6.92 Å². The SMILES string of the molecule is CCOC(=O)C(OC[C@H]1O[C@@H](n2cnc3c(N)nc(Cl)nc32)C[C@@H]1C)C(=O)OCC. The van der Waals surface area contributed by atoms with Crippen molar-refractivity contribution in [2.45, 2.75) is 45.6 Å². The van der Waals surface area contributed by atoms with Crippen molar-refractivity contribution in [1.82, 2.24) is 19.5 Å². The predicted octanol–water partition coefficient (Wildman–Crippen LogP) is 1.50. The Bertz CT molecular complexity index is 904. The predicted molar refractivity (Wildman–Crippen MR) is 105 cm³/mol. The molecule has 2 aromatic rings. The maximum atomic E-state index is 12.1. The zero-order valence-electron chi connectivity index (χ0n) is 16.9. The third kappa shape index (κ3) is 4.63. The lowest BCUT2D eigenvalue weighted by Gasteiger charge is -2.20. The summed E-state index contributed by atoms with van der Waals surface area (Å²) in [5, 5.41) is 0.0133. The largest absolute Gasteiger partial charge is 0.464 e. The van der Waals surface area contributed by atoms with Gasteiger partial charge in [0, 0.05) is 0 Å². The number of esters is 2. The summed E-state index contributed by atoms with van der Waals surface area (Å²) in [6.07, 6.45) is -0.0433. The Morgan fingerprint density at radius 1 is 1.30 bits per heavy atom. The molecule has 1 fully saturated rings. The molecule has 2 N–H and O–H groups in total. The van der Waals surface area contributed by atoms with Crippen molar-refractivity contribution < 1.29 is 28.5 Å². The van der Waals surface area contributed by atoms with Crippen LogP contribution in [-0.2, 0) is 28.5 Å². The van der Waals surface area contributed by atoms with Crippen LogP contribution in [0.2, 0.25) is 5.28 Å². The van der Waals surface area contributed by atoms with E-state index < -0.39 is 24.3 Å². The first-order chi connectivity index (χ1) is 14.3. The van der Waals surface area contributed by atoms with Gasteiger partial charge < -0.3 is 24.7 Å². The number of carbonyl (C=O) groups is 2. The molecule has 1 aliphatic heterocycles. The van der Waals surface area contributed by atoms with E-state index in [-0.39, 0.29) is 42.9 Å². The molecule has 0 aromatic carbocycles. The molecular formula is C18H24ClN5O6. The normalized spacial score (nSPS) is 21.3. The van der Waals surface area contributed by atoms with Gasteiger partial charge in [0.15, 0.2) is 11.5 Å². The molecule has 12 heteroatoms. The molecule has 0 spiro atoms. The number of imidazole rings is 1. The number of anilines is 1. The van der Waals surface area contributed by atoms with Gasteiger partial charge >= 0.3 is 11.9 Å². The third-order valence-electron chi connectivity index (χ3n) is 4.70. The van der Waals surface area contributed by atoms with Gasteiger partial charge in [-0.2, -0.15) is 9.97 Å². The van der Waals surface area contributed by atoms with E-state index in [9.17, 15) is 9.59 Å². The van der Waals surface area contributed by atoms with E-state index in [2.05, 4.69) is 15.0 Å². The number of carbonyl (C=O) groups excluding carboxylic acids is 2. The van der Waals surface area contributed by atoms with Crippen molar-refractivity contribution in [2.75, 3.05) is 25.6 Å². The highest BCUT2D eigenvalue weighted by Gasteiger charge is 2.37. The van der Waals surface area contributed by atoms with Crippen molar-refractivity contribution in [3.8, 4) is 0 Å². The third-order valence-corrected chi connectivity index (χ3v) is 4.87. The topological polar surface area (TPSA) is 141 Å². The first kappa shape index (κ1) is 22.2. The first-order valence-electron chi connectivity index (χ1n) is 9.61. The Kier molecular flexibility index (Phi) is 7.06. The molecule has 3 rings (SSSR count). The van der Waals surface area contributed by atoms with Gasteiger partial charge in [0.05, 0.1) is 32.3 Å². The van der Waals surface area contributed by atoms with Crippen LogP contribution in [0.25, 0.3) is 11.2 Å².